The van der Waals surface area contributed by atoms with Crippen LogP contribution in [0.2, 0.25) is 0 Å². The second kappa shape index (κ2) is 9.61. The first-order valence-corrected chi connectivity index (χ1v) is 12.3. The fourth-order valence-corrected chi connectivity index (χ4v) is 4.61. The second-order valence-electron chi connectivity index (χ2n) is 10.6. The van der Waals surface area contributed by atoms with Gasteiger partial charge in [-0.2, -0.15) is 0 Å². The number of benzene rings is 2. The number of nitrogens with zero attached hydrogens (tertiary/aromatic N) is 2. The van der Waals surface area contributed by atoms with E-state index < -0.39 is 0 Å². The Labute approximate surface area is 202 Å². The van der Waals surface area contributed by atoms with Crippen molar-refractivity contribution >= 4 is 11.7 Å². The van der Waals surface area contributed by atoms with Crippen LogP contribution in [-0.2, 0) is 23.7 Å². The Morgan fingerprint density at radius 1 is 0.941 bits per heavy atom. The first-order chi connectivity index (χ1) is 16.2. The van der Waals surface area contributed by atoms with Crippen molar-refractivity contribution in [3.05, 3.63) is 65.0 Å². The van der Waals surface area contributed by atoms with Crippen LogP contribution in [0.3, 0.4) is 0 Å². The first-order valence-electron chi connectivity index (χ1n) is 12.3. The lowest BCUT2D eigenvalue weighted by Crippen LogP contribution is -2.33. The molecule has 6 heteroatoms. The van der Waals surface area contributed by atoms with Gasteiger partial charge in [-0.25, -0.2) is 4.79 Å². The van der Waals surface area contributed by atoms with Gasteiger partial charge in [0.05, 0.1) is 0 Å². The molecule has 0 aliphatic heterocycles. The van der Waals surface area contributed by atoms with E-state index in [1.807, 2.05) is 31.2 Å². The molecule has 0 fully saturated rings. The topological polar surface area (TPSA) is 80.0 Å². The number of rotatable bonds is 7. The quantitative estimate of drug-likeness (QED) is 0.427. The summed E-state index contributed by atoms with van der Waals surface area (Å²) in [5.41, 5.74) is 6.05. The van der Waals surface area contributed by atoms with Crippen molar-refractivity contribution in [3.8, 4) is 11.5 Å². The maximum atomic E-state index is 11.8. The monoisotopic (exact) mass is 460 g/mol. The number of carbonyl (C=O) groups excluding carboxylic acids is 1. The summed E-state index contributed by atoms with van der Waals surface area (Å²) in [5.74, 6) is 1.21. The largest absolute Gasteiger partial charge is 0.421 e. The minimum Gasteiger partial charge on any atom is -0.421 e. The van der Waals surface area contributed by atoms with E-state index in [9.17, 15) is 4.79 Å². The molecular weight excluding hydrogens is 424 g/mol. The van der Waals surface area contributed by atoms with Gasteiger partial charge in [0.25, 0.3) is 0 Å². The molecule has 2 N–H and O–H groups in total. The summed E-state index contributed by atoms with van der Waals surface area (Å²) >= 11 is 0. The molecule has 4 rings (SSSR count). The summed E-state index contributed by atoms with van der Waals surface area (Å²) in [5, 5.41) is 14.3. The van der Waals surface area contributed by atoms with Crippen LogP contribution in [0.5, 0.6) is 0 Å². The standard InChI is InChI=1S/C28H36N4O2/c1-6-17-29-26(33)30-21-11-7-19(8-12-21)9-14-24-31-32-25(34-24)20-10-13-22-23(18-20)28(4,5)16-15-27(22,2)3/h7-8,10-13,18H,6,9,14-17H2,1-5H3,(H2,29,30,33). The van der Waals surface area contributed by atoms with Crippen LogP contribution in [0.4, 0.5) is 10.5 Å². The lowest BCUT2D eigenvalue weighted by Gasteiger charge is -2.41. The first kappa shape index (κ1) is 24.0. The Balaban J connectivity index is 1.40. The third-order valence-corrected chi connectivity index (χ3v) is 6.94. The molecule has 0 saturated carbocycles. The van der Waals surface area contributed by atoms with Crippen LogP contribution < -0.4 is 10.6 Å². The summed E-state index contributed by atoms with van der Waals surface area (Å²) < 4.78 is 6.03. The van der Waals surface area contributed by atoms with E-state index in [2.05, 4.69) is 66.7 Å². The number of hydrogen-bond acceptors (Lipinski definition) is 4. The SMILES string of the molecule is CCCNC(=O)Nc1ccc(CCc2nnc(-c3ccc4c(c3)C(C)(C)CCC4(C)C)o2)cc1. The average Bonchev–Trinajstić information content (AvgIpc) is 3.29. The van der Waals surface area contributed by atoms with Crippen molar-refractivity contribution in [3.63, 3.8) is 0 Å². The number of carbonyl (C=O) groups is 1. The number of aryl methyl sites for hydroxylation is 2. The van der Waals surface area contributed by atoms with Crippen molar-refractivity contribution in [2.45, 2.75) is 77.6 Å². The normalized spacial score (nSPS) is 16.0. The summed E-state index contributed by atoms with van der Waals surface area (Å²) in [4.78, 5) is 11.8. The van der Waals surface area contributed by atoms with Gasteiger partial charge in [0.2, 0.25) is 11.8 Å². The molecule has 0 spiro atoms. The summed E-state index contributed by atoms with van der Waals surface area (Å²) in [6.45, 7) is 12.0. The summed E-state index contributed by atoms with van der Waals surface area (Å²) in [6.07, 6.45) is 4.73. The van der Waals surface area contributed by atoms with E-state index in [-0.39, 0.29) is 16.9 Å². The van der Waals surface area contributed by atoms with Gasteiger partial charge in [0, 0.05) is 24.2 Å². The van der Waals surface area contributed by atoms with Crippen molar-refractivity contribution < 1.29 is 9.21 Å². The minimum absolute atomic E-state index is 0.140. The molecule has 180 valence electrons. The highest BCUT2D eigenvalue weighted by Gasteiger charge is 2.37. The third kappa shape index (κ3) is 5.32. The predicted molar refractivity (Wildman–Crippen MR) is 136 cm³/mol. The average molecular weight is 461 g/mol. The molecule has 2 amide bonds. The van der Waals surface area contributed by atoms with Gasteiger partial charge < -0.3 is 15.1 Å². The predicted octanol–water partition coefficient (Wildman–Crippen LogP) is 6.40. The fourth-order valence-electron chi connectivity index (χ4n) is 4.61. The van der Waals surface area contributed by atoms with E-state index in [4.69, 9.17) is 4.42 Å². The van der Waals surface area contributed by atoms with Crippen LogP contribution >= 0.6 is 0 Å². The van der Waals surface area contributed by atoms with Gasteiger partial charge in [-0.3, -0.25) is 0 Å². The van der Waals surface area contributed by atoms with E-state index >= 15 is 0 Å². The second-order valence-corrected chi connectivity index (χ2v) is 10.6. The maximum absolute atomic E-state index is 11.8. The van der Waals surface area contributed by atoms with E-state index in [1.165, 1.54) is 24.0 Å². The third-order valence-electron chi connectivity index (χ3n) is 6.94. The number of urea groups is 1. The minimum atomic E-state index is -0.179. The number of amides is 2. The molecule has 6 nitrogen and oxygen atoms in total. The molecule has 3 aromatic rings. The lowest BCUT2D eigenvalue weighted by molar-refractivity contribution is 0.252. The highest BCUT2D eigenvalue weighted by Crippen LogP contribution is 2.46. The van der Waals surface area contributed by atoms with Gasteiger partial charge in [0.1, 0.15) is 0 Å². The van der Waals surface area contributed by atoms with Gasteiger partial charge >= 0.3 is 6.03 Å². The molecular formula is C28H36N4O2. The number of nitrogens with one attached hydrogen (secondary N) is 2. The highest BCUT2D eigenvalue weighted by molar-refractivity contribution is 5.89. The number of hydrogen-bond donors (Lipinski definition) is 2. The molecule has 0 radical (unpaired) electrons. The number of aromatic nitrogens is 2. The van der Waals surface area contributed by atoms with Crippen LogP contribution in [0.25, 0.3) is 11.5 Å². The molecule has 2 aromatic carbocycles. The van der Waals surface area contributed by atoms with Crippen molar-refractivity contribution in [2.24, 2.45) is 0 Å². The Morgan fingerprint density at radius 3 is 2.35 bits per heavy atom. The van der Waals surface area contributed by atoms with Gasteiger partial charge in [-0.15, -0.1) is 10.2 Å². The smallest absolute Gasteiger partial charge is 0.319 e. The molecule has 1 aliphatic carbocycles. The Kier molecular flexibility index (Phi) is 6.78. The fraction of sp³-hybridized carbons (Fsp3) is 0.464. The van der Waals surface area contributed by atoms with E-state index in [1.54, 1.807) is 0 Å². The van der Waals surface area contributed by atoms with Crippen molar-refractivity contribution in [1.82, 2.24) is 15.5 Å². The summed E-state index contributed by atoms with van der Waals surface area (Å²) in [6, 6.07) is 14.3. The summed E-state index contributed by atoms with van der Waals surface area (Å²) in [7, 11) is 0. The number of fused-ring (bicyclic) bond motifs is 1. The van der Waals surface area contributed by atoms with Crippen LogP contribution in [0.15, 0.2) is 46.9 Å². The molecule has 1 aliphatic rings. The van der Waals surface area contributed by atoms with Crippen molar-refractivity contribution in [2.75, 3.05) is 11.9 Å². The molecule has 0 bridgehead atoms. The van der Waals surface area contributed by atoms with Gasteiger partial charge in [0.15, 0.2) is 0 Å². The molecule has 0 unspecified atom stereocenters. The van der Waals surface area contributed by atoms with E-state index in [0.29, 0.717) is 24.7 Å². The molecule has 1 heterocycles. The van der Waals surface area contributed by atoms with E-state index in [0.717, 1.165) is 29.7 Å². The van der Waals surface area contributed by atoms with Crippen LogP contribution in [-0.4, -0.2) is 22.8 Å². The van der Waals surface area contributed by atoms with Crippen LogP contribution in [0.1, 0.15) is 76.5 Å². The maximum Gasteiger partial charge on any atom is 0.319 e. The molecule has 1 aromatic heterocycles. The Hall–Kier alpha value is -3.15. The zero-order chi connectivity index (χ0) is 24.3. The zero-order valence-electron chi connectivity index (χ0n) is 21.0. The zero-order valence-corrected chi connectivity index (χ0v) is 21.0. The lowest BCUT2D eigenvalue weighted by atomic mass is 9.63. The van der Waals surface area contributed by atoms with Crippen LogP contribution in [0, 0.1) is 0 Å². The highest BCUT2D eigenvalue weighted by atomic mass is 16.4. The number of anilines is 1. The Bertz CT molecular complexity index is 1150. The Morgan fingerprint density at radius 2 is 1.65 bits per heavy atom. The molecule has 34 heavy (non-hydrogen) atoms. The van der Waals surface area contributed by atoms with Gasteiger partial charge in [-0.1, -0.05) is 52.8 Å². The van der Waals surface area contributed by atoms with Crippen molar-refractivity contribution in [1.29, 1.82) is 0 Å². The molecule has 0 saturated heterocycles. The van der Waals surface area contributed by atoms with Gasteiger partial charge in [-0.05, 0) is 77.5 Å². The molecule has 0 atom stereocenters.